The van der Waals surface area contributed by atoms with Crippen LogP contribution in [-0.4, -0.2) is 41.0 Å². The van der Waals surface area contributed by atoms with Gasteiger partial charge < -0.3 is 21.5 Å². The second-order valence-electron chi connectivity index (χ2n) is 7.90. The van der Waals surface area contributed by atoms with Crippen molar-refractivity contribution < 1.29 is 9.53 Å². The molecule has 1 aliphatic carbocycles. The minimum atomic E-state index is -0.332. The van der Waals surface area contributed by atoms with E-state index in [0.717, 1.165) is 31.1 Å². The Morgan fingerprint density at radius 1 is 1.09 bits per heavy atom. The second-order valence-corrected chi connectivity index (χ2v) is 8.33. The zero-order valence-corrected chi connectivity index (χ0v) is 21.4. The minimum absolute atomic E-state index is 0. The number of fused-ring (bicyclic) bond motifs is 1. The summed E-state index contributed by atoms with van der Waals surface area (Å²) in [6.07, 6.45) is 3.88. The number of anilines is 2. The summed E-state index contributed by atoms with van der Waals surface area (Å²) in [6, 6.07) is 12.0. The summed E-state index contributed by atoms with van der Waals surface area (Å²) < 4.78 is 5.38. The quantitative estimate of drug-likeness (QED) is 0.268. The number of rotatable bonds is 6. The lowest BCUT2D eigenvalue weighted by Gasteiger charge is -2.30. The van der Waals surface area contributed by atoms with Crippen LogP contribution in [0.1, 0.15) is 36.0 Å². The third-order valence-electron chi connectivity index (χ3n) is 5.60. The average Bonchev–Trinajstić information content (AvgIpc) is 2.80. The third-order valence-corrected chi connectivity index (χ3v) is 5.85. The molecule has 0 spiro atoms. The number of aliphatic imine (C=N–C) groups is 1. The summed E-state index contributed by atoms with van der Waals surface area (Å²) in [5, 5.41) is 7.60. The van der Waals surface area contributed by atoms with Crippen molar-refractivity contribution >= 4 is 71.0 Å². The van der Waals surface area contributed by atoms with Crippen LogP contribution >= 0.6 is 36.4 Å². The van der Waals surface area contributed by atoms with Crippen LogP contribution in [-0.2, 0) is 0 Å². The van der Waals surface area contributed by atoms with E-state index < -0.39 is 0 Å². The number of amides is 1. The van der Waals surface area contributed by atoms with Gasteiger partial charge in [0, 0.05) is 16.0 Å². The second kappa shape index (κ2) is 12.6. The standard InChI is InChI=1S/C23H26ClN7O2.2ClH/c1-33-15-10-11-17-16(12-15)20(27-18-4-2-3-5-19(18)28-22(25)26)30-23(29-17)31-21(32)13-6-8-14(24)9-7-13;;/h6-12,18-19H,2-5H2,1H3,(H4,25,26,28)(H2,27,29,30,31,32);2*1H/t18-,19+;;/m1../s1. The van der Waals surface area contributed by atoms with E-state index in [0.29, 0.717) is 27.7 Å². The van der Waals surface area contributed by atoms with E-state index in [1.165, 1.54) is 0 Å². The van der Waals surface area contributed by atoms with Crippen LogP contribution in [0, 0.1) is 0 Å². The lowest BCUT2D eigenvalue weighted by atomic mass is 9.90. The summed E-state index contributed by atoms with van der Waals surface area (Å²) in [7, 11) is 1.60. The van der Waals surface area contributed by atoms with Gasteiger partial charge in [0.25, 0.3) is 5.91 Å². The molecular formula is C23H28Cl3N7O2. The van der Waals surface area contributed by atoms with Gasteiger partial charge >= 0.3 is 0 Å². The molecule has 0 bridgehead atoms. The Morgan fingerprint density at radius 2 is 1.80 bits per heavy atom. The zero-order valence-electron chi connectivity index (χ0n) is 19.0. The molecule has 1 aromatic heterocycles. The van der Waals surface area contributed by atoms with E-state index >= 15 is 0 Å². The highest BCUT2D eigenvalue weighted by Gasteiger charge is 2.26. The van der Waals surface area contributed by atoms with Gasteiger partial charge in [-0.15, -0.1) is 24.8 Å². The van der Waals surface area contributed by atoms with Crippen molar-refractivity contribution in [2.45, 2.75) is 37.8 Å². The zero-order chi connectivity index (χ0) is 23.4. The SMILES string of the molecule is COc1ccc2nc(NC(=O)c3ccc(Cl)cc3)nc(N[C@@H]3CCCC[C@@H]3N=C(N)N)c2c1.Cl.Cl. The molecule has 1 amide bonds. The van der Waals surface area contributed by atoms with Gasteiger partial charge in [-0.3, -0.25) is 10.1 Å². The van der Waals surface area contributed by atoms with Crippen molar-refractivity contribution in [2.75, 3.05) is 17.7 Å². The highest BCUT2D eigenvalue weighted by molar-refractivity contribution is 6.30. The van der Waals surface area contributed by atoms with Crippen LogP contribution in [0.15, 0.2) is 47.5 Å². The summed E-state index contributed by atoms with van der Waals surface area (Å²) >= 11 is 5.92. The first kappa shape index (κ1) is 28.2. The number of aromatic nitrogens is 2. The number of ether oxygens (including phenoxy) is 1. The molecule has 1 saturated carbocycles. The van der Waals surface area contributed by atoms with E-state index in [4.69, 9.17) is 27.8 Å². The highest BCUT2D eigenvalue weighted by atomic mass is 35.5. The average molecular weight is 541 g/mol. The van der Waals surface area contributed by atoms with Crippen LogP contribution in [0.2, 0.25) is 5.02 Å². The monoisotopic (exact) mass is 539 g/mol. The van der Waals surface area contributed by atoms with Gasteiger partial charge in [0.15, 0.2) is 5.96 Å². The fourth-order valence-corrected chi connectivity index (χ4v) is 4.10. The molecule has 0 aliphatic heterocycles. The van der Waals surface area contributed by atoms with Crippen LogP contribution < -0.4 is 26.8 Å². The molecule has 1 fully saturated rings. The first-order valence-corrected chi connectivity index (χ1v) is 11.1. The van der Waals surface area contributed by atoms with Gasteiger partial charge in [-0.25, -0.2) is 9.98 Å². The number of halogens is 3. The molecule has 0 radical (unpaired) electrons. The van der Waals surface area contributed by atoms with E-state index in [9.17, 15) is 4.79 Å². The fourth-order valence-electron chi connectivity index (χ4n) is 3.98. The van der Waals surface area contributed by atoms with Gasteiger partial charge in [0.1, 0.15) is 11.6 Å². The maximum Gasteiger partial charge on any atom is 0.258 e. The normalized spacial score (nSPS) is 16.9. The minimum Gasteiger partial charge on any atom is -0.497 e. The number of hydrogen-bond donors (Lipinski definition) is 4. The largest absolute Gasteiger partial charge is 0.497 e. The smallest absolute Gasteiger partial charge is 0.258 e. The molecule has 12 heteroatoms. The summed E-state index contributed by atoms with van der Waals surface area (Å²) in [6.45, 7) is 0. The lowest BCUT2D eigenvalue weighted by molar-refractivity contribution is 0.102. The van der Waals surface area contributed by atoms with Gasteiger partial charge in [-0.1, -0.05) is 24.4 Å². The maximum absolute atomic E-state index is 12.7. The van der Waals surface area contributed by atoms with Crippen molar-refractivity contribution in [1.29, 1.82) is 0 Å². The molecule has 0 saturated heterocycles. The van der Waals surface area contributed by atoms with Crippen molar-refractivity contribution in [2.24, 2.45) is 16.5 Å². The van der Waals surface area contributed by atoms with Crippen LogP contribution in [0.25, 0.3) is 10.9 Å². The Morgan fingerprint density at radius 3 is 2.49 bits per heavy atom. The number of hydrogen-bond acceptors (Lipinski definition) is 6. The molecule has 6 N–H and O–H groups in total. The molecule has 2 aromatic carbocycles. The third kappa shape index (κ3) is 7.00. The summed E-state index contributed by atoms with van der Waals surface area (Å²) in [5.74, 6) is 1.18. The van der Waals surface area contributed by atoms with Crippen molar-refractivity contribution in [3.05, 3.63) is 53.1 Å². The molecule has 188 valence electrons. The molecule has 1 aliphatic rings. The molecule has 35 heavy (non-hydrogen) atoms. The molecule has 4 rings (SSSR count). The van der Waals surface area contributed by atoms with Gasteiger partial charge in [0.05, 0.1) is 24.7 Å². The number of carbonyl (C=O) groups excluding carboxylic acids is 1. The number of nitrogens with zero attached hydrogens (tertiary/aromatic N) is 3. The predicted molar refractivity (Wildman–Crippen MR) is 145 cm³/mol. The van der Waals surface area contributed by atoms with Crippen LogP contribution in [0.3, 0.4) is 0 Å². The Hall–Kier alpha value is -3.01. The Labute approximate surface area is 220 Å². The Bertz CT molecular complexity index is 1190. The Balaban J connectivity index is 0.00000216. The Kier molecular flexibility index (Phi) is 10.2. The van der Waals surface area contributed by atoms with E-state index in [1.807, 2.05) is 18.2 Å². The maximum atomic E-state index is 12.7. The van der Waals surface area contributed by atoms with Crippen molar-refractivity contribution in [3.63, 3.8) is 0 Å². The van der Waals surface area contributed by atoms with Gasteiger partial charge in [-0.2, -0.15) is 4.98 Å². The first-order valence-electron chi connectivity index (χ1n) is 10.7. The molecule has 0 unspecified atom stereocenters. The fraction of sp³-hybridized carbons (Fsp3) is 0.304. The van der Waals surface area contributed by atoms with Gasteiger partial charge in [0.2, 0.25) is 5.95 Å². The summed E-state index contributed by atoms with van der Waals surface area (Å²) in [4.78, 5) is 26.3. The number of methoxy groups -OCH3 is 1. The van der Waals surface area contributed by atoms with Crippen molar-refractivity contribution in [3.8, 4) is 5.75 Å². The van der Waals surface area contributed by atoms with E-state index in [1.54, 1.807) is 31.4 Å². The molecule has 9 nitrogen and oxygen atoms in total. The van der Waals surface area contributed by atoms with Crippen LogP contribution in [0.5, 0.6) is 5.75 Å². The number of nitrogens with one attached hydrogen (secondary N) is 2. The predicted octanol–water partition coefficient (Wildman–Crippen LogP) is 4.38. The van der Waals surface area contributed by atoms with Crippen molar-refractivity contribution in [1.82, 2.24) is 9.97 Å². The van der Waals surface area contributed by atoms with Gasteiger partial charge in [-0.05, 0) is 55.3 Å². The highest BCUT2D eigenvalue weighted by Crippen LogP contribution is 2.30. The number of guanidine groups is 1. The van der Waals surface area contributed by atoms with Crippen LogP contribution in [0.4, 0.5) is 11.8 Å². The first-order chi connectivity index (χ1) is 15.9. The molecule has 2 atom stereocenters. The number of nitrogens with two attached hydrogens (primary N) is 2. The molecular weight excluding hydrogens is 513 g/mol. The summed E-state index contributed by atoms with van der Waals surface area (Å²) in [5.41, 5.74) is 12.4. The number of benzene rings is 2. The van der Waals surface area contributed by atoms with E-state index in [-0.39, 0.29) is 54.7 Å². The van der Waals surface area contributed by atoms with E-state index in [2.05, 4.69) is 25.6 Å². The lowest BCUT2D eigenvalue weighted by Crippen LogP contribution is -2.38. The molecule has 1 heterocycles. The molecule has 3 aromatic rings. The number of carbonyl (C=O) groups is 1. The topological polar surface area (TPSA) is 141 Å².